The van der Waals surface area contributed by atoms with Crippen LogP contribution in [0.2, 0.25) is 0 Å². The first-order valence-electron chi connectivity index (χ1n) is 9.16. The lowest BCUT2D eigenvalue weighted by Crippen LogP contribution is -2.24. The maximum absolute atomic E-state index is 12.2. The number of rotatable bonds is 7. The Morgan fingerprint density at radius 1 is 1.12 bits per heavy atom. The predicted octanol–water partition coefficient (Wildman–Crippen LogP) is 2.97. The minimum atomic E-state index is -0.128. The summed E-state index contributed by atoms with van der Waals surface area (Å²) in [6, 6.07) is 6.93. The highest BCUT2D eigenvalue weighted by atomic mass is 16.5. The standard InChI is InChI=1S/C20H25N3O3/c1-26-15-9-7-14(8-10-15)19(24)11-12-20(25)21-13-18-16-5-3-2-4-6-17(16)22-23-18/h7-10H,2-6,11-13H2,1H3,(H,21,25)(H,22,23). The van der Waals surface area contributed by atoms with Crippen molar-refractivity contribution < 1.29 is 14.3 Å². The number of nitrogens with zero attached hydrogens (tertiary/aromatic N) is 1. The fourth-order valence-corrected chi connectivity index (χ4v) is 3.29. The number of aryl methyl sites for hydroxylation is 1. The number of carbonyl (C=O) groups is 2. The molecule has 0 spiro atoms. The van der Waals surface area contributed by atoms with Gasteiger partial charge in [0.1, 0.15) is 5.75 Å². The normalized spacial score (nSPS) is 13.6. The number of amides is 1. The van der Waals surface area contributed by atoms with Crippen molar-refractivity contribution in [2.45, 2.75) is 51.5 Å². The van der Waals surface area contributed by atoms with Gasteiger partial charge in [0.2, 0.25) is 5.91 Å². The summed E-state index contributed by atoms with van der Waals surface area (Å²) in [4.78, 5) is 24.3. The van der Waals surface area contributed by atoms with Crippen LogP contribution in [-0.2, 0) is 24.2 Å². The molecule has 0 saturated carbocycles. The number of H-pyrrole nitrogens is 1. The molecule has 0 unspecified atom stereocenters. The van der Waals surface area contributed by atoms with Crippen LogP contribution in [0.1, 0.15) is 59.4 Å². The van der Waals surface area contributed by atoms with Gasteiger partial charge in [-0.1, -0.05) is 6.42 Å². The molecule has 1 aliphatic rings. The van der Waals surface area contributed by atoms with Crippen LogP contribution in [0.3, 0.4) is 0 Å². The van der Waals surface area contributed by atoms with Gasteiger partial charge in [-0.25, -0.2) is 0 Å². The molecule has 6 heteroatoms. The third kappa shape index (κ3) is 4.50. The highest BCUT2D eigenvalue weighted by molar-refractivity contribution is 5.98. The summed E-state index contributed by atoms with van der Waals surface area (Å²) >= 11 is 0. The van der Waals surface area contributed by atoms with Crippen LogP contribution in [0.5, 0.6) is 5.75 Å². The number of benzene rings is 1. The molecule has 1 amide bonds. The highest BCUT2D eigenvalue weighted by Gasteiger charge is 2.16. The van der Waals surface area contributed by atoms with Gasteiger partial charge in [0.15, 0.2) is 5.78 Å². The number of carbonyl (C=O) groups excluding carboxylic acids is 2. The maximum Gasteiger partial charge on any atom is 0.220 e. The summed E-state index contributed by atoms with van der Waals surface area (Å²) in [6.07, 6.45) is 6.02. The summed E-state index contributed by atoms with van der Waals surface area (Å²) in [5.74, 6) is 0.533. The molecule has 0 aliphatic heterocycles. The molecule has 1 aromatic carbocycles. The quantitative estimate of drug-likeness (QED) is 0.591. The topological polar surface area (TPSA) is 84.1 Å². The Labute approximate surface area is 153 Å². The minimum Gasteiger partial charge on any atom is -0.497 e. The number of nitrogens with one attached hydrogen (secondary N) is 2. The number of ether oxygens (including phenoxy) is 1. The van der Waals surface area contributed by atoms with Crippen LogP contribution < -0.4 is 10.1 Å². The monoisotopic (exact) mass is 355 g/mol. The number of methoxy groups -OCH3 is 1. The molecular formula is C20H25N3O3. The summed E-state index contributed by atoms with van der Waals surface area (Å²) < 4.78 is 5.08. The lowest BCUT2D eigenvalue weighted by atomic mass is 10.1. The van der Waals surface area contributed by atoms with Gasteiger partial charge in [0, 0.05) is 24.1 Å². The molecule has 0 bridgehead atoms. The van der Waals surface area contributed by atoms with Crippen molar-refractivity contribution in [1.29, 1.82) is 0 Å². The molecule has 6 nitrogen and oxygen atoms in total. The summed E-state index contributed by atoms with van der Waals surface area (Å²) in [5, 5.41) is 10.3. The molecule has 1 aliphatic carbocycles. The van der Waals surface area contributed by atoms with Crippen molar-refractivity contribution in [1.82, 2.24) is 15.5 Å². The van der Waals surface area contributed by atoms with Crippen molar-refractivity contribution in [2.24, 2.45) is 0 Å². The second kappa shape index (κ2) is 8.65. The SMILES string of the molecule is COc1ccc(C(=O)CCC(=O)NCc2n[nH]c3c2CCCCC3)cc1. The number of ketones is 1. The van der Waals surface area contributed by atoms with Gasteiger partial charge in [-0.05, 0) is 55.5 Å². The second-order valence-corrected chi connectivity index (χ2v) is 6.62. The second-order valence-electron chi connectivity index (χ2n) is 6.62. The Kier molecular flexibility index (Phi) is 6.04. The third-order valence-corrected chi connectivity index (χ3v) is 4.84. The lowest BCUT2D eigenvalue weighted by Gasteiger charge is -2.06. The number of Topliss-reactive ketones (excluding diaryl/α,β-unsaturated/α-hetero) is 1. The zero-order valence-electron chi connectivity index (χ0n) is 15.1. The van der Waals surface area contributed by atoms with Crippen molar-refractivity contribution in [3.8, 4) is 5.75 Å². The Morgan fingerprint density at radius 2 is 1.88 bits per heavy atom. The van der Waals surface area contributed by atoms with E-state index in [1.165, 1.54) is 30.5 Å². The van der Waals surface area contributed by atoms with Crippen LogP contribution in [0.4, 0.5) is 0 Å². The van der Waals surface area contributed by atoms with E-state index < -0.39 is 0 Å². The summed E-state index contributed by atoms with van der Waals surface area (Å²) in [7, 11) is 1.58. The van der Waals surface area contributed by atoms with Crippen LogP contribution in [0, 0.1) is 0 Å². The lowest BCUT2D eigenvalue weighted by molar-refractivity contribution is -0.121. The first kappa shape index (κ1) is 18.2. The predicted molar refractivity (Wildman–Crippen MR) is 98.3 cm³/mol. The minimum absolute atomic E-state index is 0.0450. The molecule has 1 heterocycles. The van der Waals surface area contributed by atoms with E-state index in [4.69, 9.17) is 4.74 Å². The van der Waals surface area contributed by atoms with Gasteiger partial charge < -0.3 is 10.1 Å². The smallest absolute Gasteiger partial charge is 0.220 e. The molecule has 26 heavy (non-hydrogen) atoms. The number of hydrogen-bond acceptors (Lipinski definition) is 4. The van der Waals surface area contributed by atoms with E-state index in [0.717, 1.165) is 18.5 Å². The van der Waals surface area contributed by atoms with Crippen molar-refractivity contribution in [2.75, 3.05) is 7.11 Å². The van der Waals surface area contributed by atoms with Crippen LogP contribution in [0.25, 0.3) is 0 Å². The average Bonchev–Trinajstić information content (AvgIpc) is 2.90. The molecule has 0 radical (unpaired) electrons. The fraction of sp³-hybridized carbons (Fsp3) is 0.450. The van der Waals surface area contributed by atoms with E-state index >= 15 is 0 Å². The number of aromatic nitrogens is 2. The number of hydrogen-bond donors (Lipinski definition) is 2. The Balaban J connectivity index is 1.47. The maximum atomic E-state index is 12.2. The largest absolute Gasteiger partial charge is 0.497 e. The zero-order valence-corrected chi connectivity index (χ0v) is 15.1. The number of fused-ring (bicyclic) bond motifs is 1. The van der Waals surface area contributed by atoms with Gasteiger partial charge in [-0.2, -0.15) is 5.10 Å². The van der Waals surface area contributed by atoms with Crippen LogP contribution in [0.15, 0.2) is 24.3 Å². The summed E-state index contributed by atoms with van der Waals surface area (Å²) in [6.45, 7) is 0.418. The fourth-order valence-electron chi connectivity index (χ4n) is 3.29. The Bertz CT molecular complexity index is 765. The zero-order chi connectivity index (χ0) is 18.4. The summed E-state index contributed by atoms with van der Waals surface area (Å²) in [5.41, 5.74) is 3.99. The van der Waals surface area contributed by atoms with Gasteiger partial charge in [-0.3, -0.25) is 14.7 Å². The van der Waals surface area contributed by atoms with E-state index in [1.54, 1.807) is 31.4 Å². The molecule has 2 aromatic rings. The van der Waals surface area contributed by atoms with E-state index in [2.05, 4.69) is 15.5 Å². The first-order valence-corrected chi connectivity index (χ1v) is 9.16. The van der Waals surface area contributed by atoms with Gasteiger partial charge in [0.05, 0.1) is 19.3 Å². The van der Waals surface area contributed by atoms with Crippen molar-refractivity contribution >= 4 is 11.7 Å². The van der Waals surface area contributed by atoms with E-state index in [0.29, 0.717) is 17.9 Å². The van der Waals surface area contributed by atoms with E-state index in [1.807, 2.05) is 0 Å². The van der Waals surface area contributed by atoms with E-state index in [9.17, 15) is 9.59 Å². The number of aromatic amines is 1. The Morgan fingerprint density at radius 3 is 2.65 bits per heavy atom. The van der Waals surface area contributed by atoms with E-state index in [-0.39, 0.29) is 24.5 Å². The van der Waals surface area contributed by atoms with Crippen molar-refractivity contribution in [3.05, 3.63) is 46.8 Å². The van der Waals surface area contributed by atoms with Crippen molar-refractivity contribution in [3.63, 3.8) is 0 Å². The molecule has 0 atom stereocenters. The molecule has 138 valence electrons. The van der Waals surface area contributed by atoms with Crippen LogP contribution in [-0.4, -0.2) is 29.0 Å². The first-order chi connectivity index (χ1) is 12.7. The molecule has 2 N–H and O–H groups in total. The molecule has 0 fully saturated rings. The molecule has 3 rings (SSSR count). The Hall–Kier alpha value is -2.63. The average molecular weight is 355 g/mol. The third-order valence-electron chi connectivity index (χ3n) is 4.84. The van der Waals surface area contributed by atoms with Gasteiger partial charge in [0.25, 0.3) is 0 Å². The molecule has 0 saturated heterocycles. The van der Waals surface area contributed by atoms with Gasteiger partial charge >= 0.3 is 0 Å². The van der Waals surface area contributed by atoms with Gasteiger partial charge in [-0.15, -0.1) is 0 Å². The molecule has 1 aromatic heterocycles. The molecular weight excluding hydrogens is 330 g/mol. The highest BCUT2D eigenvalue weighted by Crippen LogP contribution is 2.21. The van der Waals surface area contributed by atoms with Crippen LogP contribution >= 0.6 is 0 Å².